The fourth-order valence-electron chi connectivity index (χ4n) is 2.93. The summed E-state index contributed by atoms with van der Waals surface area (Å²) in [5.41, 5.74) is 1.03. The molecular weight excluding hydrogens is 288 g/mol. The Balaban J connectivity index is 2.13. The van der Waals surface area contributed by atoms with Gasteiger partial charge in [-0.1, -0.05) is 6.92 Å². The van der Waals surface area contributed by atoms with Gasteiger partial charge in [-0.3, -0.25) is 9.36 Å². The molecule has 0 aliphatic heterocycles. The summed E-state index contributed by atoms with van der Waals surface area (Å²) in [6.45, 7) is 3.95. The van der Waals surface area contributed by atoms with Gasteiger partial charge in [0.25, 0.3) is 5.56 Å². The monoisotopic (exact) mass is 306 g/mol. The van der Waals surface area contributed by atoms with Crippen LogP contribution in [0.25, 0.3) is 10.2 Å². The lowest BCUT2D eigenvalue weighted by Gasteiger charge is -2.16. The van der Waals surface area contributed by atoms with Crippen molar-refractivity contribution in [2.24, 2.45) is 0 Å². The molecular formula is C15H18N2O3S. The van der Waals surface area contributed by atoms with Crippen LogP contribution in [0.4, 0.5) is 0 Å². The highest BCUT2D eigenvalue weighted by Gasteiger charge is 2.25. The van der Waals surface area contributed by atoms with Crippen LogP contribution in [0.5, 0.6) is 0 Å². The first-order valence-electron chi connectivity index (χ1n) is 7.35. The second-order valence-corrected chi connectivity index (χ2v) is 6.25. The number of aryl methyl sites for hydroxylation is 2. The molecule has 0 N–H and O–H groups in total. The minimum Gasteiger partial charge on any atom is -0.464 e. The fraction of sp³-hybridized carbons (Fsp3) is 0.533. The van der Waals surface area contributed by atoms with E-state index >= 15 is 0 Å². The van der Waals surface area contributed by atoms with Gasteiger partial charge >= 0.3 is 5.97 Å². The standard InChI is InChI=1S/C15H18N2O3S/c1-3-10(15(19)20-4-2)17-8-16-13-12(14(17)18)9-6-5-7-11(9)21-13/h8,10H,3-7H2,1-2H3/t10-/m0/s1. The van der Waals surface area contributed by atoms with E-state index in [1.165, 1.54) is 15.8 Å². The number of carbonyl (C=O) groups excluding carboxylic acids is 1. The number of nitrogens with zero attached hydrogens (tertiary/aromatic N) is 2. The SMILES string of the molecule is CCOC(=O)[C@H](CC)n1cnc2sc3c(c2c1=O)CCC3. The third kappa shape index (κ3) is 2.27. The van der Waals surface area contributed by atoms with E-state index in [9.17, 15) is 9.59 Å². The topological polar surface area (TPSA) is 61.2 Å². The molecule has 21 heavy (non-hydrogen) atoms. The van der Waals surface area contributed by atoms with Crippen molar-refractivity contribution in [3.63, 3.8) is 0 Å². The fourth-order valence-corrected chi connectivity index (χ4v) is 4.15. The molecule has 0 saturated heterocycles. The predicted octanol–water partition coefficient (Wildman–Crippen LogP) is 2.46. The summed E-state index contributed by atoms with van der Waals surface area (Å²) < 4.78 is 6.50. The highest BCUT2D eigenvalue weighted by Crippen LogP contribution is 2.34. The van der Waals surface area contributed by atoms with Gasteiger partial charge in [-0.15, -0.1) is 11.3 Å². The average molecular weight is 306 g/mol. The molecule has 0 spiro atoms. The molecule has 0 unspecified atom stereocenters. The van der Waals surface area contributed by atoms with Gasteiger partial charge in [0.15, 0.2) is 0 Å². The lowest BCUT2D eigenvalue weighted by atomic mass is 10.2. The number of carbonyl (C=O) groups is 1. The molecule has 5 nitrogen and oxygen atoms in total. The van der Waals surface area contributed by atoms with Gasteiger partial charge in [0.1, 0.15) is 10.9 Å². The second-order valence-electron chi connectivity index (χ2n) is 5.17. The molecule has 1 atom stereocenters. The van der Waals surface area contributed by atoms with Crippen molar-refractivity contribution in [1.82, 2.24) is 9.55 Å². The quantitative estimate of drug-likeness (QED) is 0.814. The lowest BCUT2D eigenvalue weighted by molar-refractivity contribution is -0.147. The van der Waals surface area contributed by atoms with E-state index in [2.05, 4.69) is 4.98 Å². The van der Waals surface area contributed by atoms with Crippen LogP contribution < -0.4 is 5.56 Å². The number of esters is 1. The molecule has 0 aromatic carbocycles. The Morgan fingerprint density at radius 1 is 1.48 bits per heavy atom. The van der Waals surface area contributed by atoms with Crippen molar-refractivity contribution in [2.45, 2.75) is 45.6 Å². The second kappa shape index (κ2) is 5.60. The van der Waals surface area contributed by atoms with E-state index in [4.69, 9.17) is 4.74 Å². The van der Waals surface area contributed by atoms with E-state index in [1.807, 2.05) is 6.92 Å². The van der Waals surface area contributed by atoms with E-state index < -0.39 is 6.04 Å². The number of ether oxygens (including phenoxy) is 1. The van der Waals surface area contributed by atoms with Crippen molar-refractivity contribution in [3.8, 4) is 0 Å². The van der Waals surface area contributed by atoms with Crippen LogP contribution >= 0.6 is 11.3 Å². The van der Waals surface area contributed by atoms with Gasteiger partial charge in [-0.05, 0) is 38.2 Å². The molecule has 3 rings (SSSR count). The lowest BCUT2D eigenvalue weighted by Crippen LogP contribution is -2.31. The van der Waals surface area contributed by atoms with E-state index in [1.54, 1.807) is 18.3 Å². The van der Waals surface area contributed by atoms with Crippen LogP contribution in [0.15, 0.2) is 11.1 Å². The number of fused-ring (bicyclic) bond motifs is 3. The molecule has 1 aliphatic carbocycles. The van der Waals surface area contributed by atoms with Crippen LogP contribution in [0.1, 0.15) is 43.2 Å². The highest BCUT2D eigenvalue weighted by atomic mass is 32.1. The third-order valence-corrected chi connectivity index (χ3v) is 5.13. The Hall–Kier alpha value is -1.69. The molecule has 0 bridgehead atoms. The van der Waals surface area contributed by atoms with Gasteiger partial charge in [0.2, 0.25) is 0 Å². The maximum absolute atomic E-state index is 12.8. The molecule has 0 saturated carbocycles. The van der Waals surface area contributed by atoms with Crippen LogP contribution in [0.3, 0.4) is 0 Å². The Kier molecular flexibility index (Phi) is 3.80. The Bertz CT molecular complexity index is 747. The summed E-state index contributed by atoms with van der Waals surface area (Å²) >= 11 is 1.61. The van der Waals surface area contributed by atoms with Crippen molar-refractivity contribution < 1.29 is 9.53 Å². The van der Waals surface area contributed by atoms with E-state index in [0.29, 0.717) is 18.4 Å². The summed E-state index contributed by atoms with van der Waals surface area (Å²) in [5, 5.41) is 0.706. The first-order valence-corrected chi connectivity index (χ1v) is 8.17. The zero-order valence-electron chi connectivity index (χ0n) is 12.2. The third-order valence-electron chi connectivity index (χ3n) is 3.93. The molecule has 2 aromatic rings. The normalized spacial score (nSPS) is 15.1. The van der Waals surface area contributed by atoms with Crippen molar-refractivity contribution >= 4 is 27.5 Å². The molecule has 1 aliphatic rings. The number of aromatic nitrogens is 2. The summed E-state index contributed by atoms with van der Waals surface area (Å²) in [6, 6.07) is -0.591. The molecule has 0 radical (unpaired) electrons. The van der Waals surface area contributed by atoms with Crippen molar-refractivity contribution in [3.05, 3.63) is 27.1 Å². The van der Waals surface area contributed by atoms with Gasteiger partial charge in [0.05, 0.1) is 18.3 Å². The number of hydrogen-bond donors (Lipinski definition) is 0. The molecule has 6 heteroatoms. The summed E-state index contributed by atoms with van der Waals surface area (Å²) in [5.74, 6) is -0.366. The van der Waals surface area contributed by atoms with Crippen LogP contribution in [-0.2, 0) is 22.4 Å². The maximum Gasteiger partial charge on any atom is 0.329 e. The van der Waals surface area contributed by atoms with Gasteiger partial charge in [-0.2, -0.15) is 0 Å². The predicted molar refractivity (Wildman–Crippen MR) is 81.9 cm³/mol. The Morgan fingerprint density at radius 2 is 2.29 bits per heavy atom. The Labute approximate surface area is 126 Å². The summed E-state index contributed by atoms with van der Waals surface area (Å²) in [6.07, 6.45) is 5.07. The Morgan fingerprint density at radius 3 is 3.00 bits per heavy atom. The smallest absolute Gasteiger partial charge is 0.329 e. The minimum atomic E-state index is -0.591. The van der Waals surface area contributed by atoms with Gasteiger partial charge < -0.3 is 4.74 Å². The van der Waals surface area contributed by atoms with E-state index in [0.717, 1.165) is 29.7 Å². The highest BCUT2D eigenvalue weighted by molar-refractivity contribution is 7.18. The largest absolute Gasteiger partial charge is 0.464 e. The maximum atomic E-state index is 12.8. The number of hydrogen-bond acceptors (Lipinski definition) is 5. The number of thiophene rings is 1. The summed E-state index contributed by atoms with van der Waals surface area (Å²) in [7, 11) is 0. The van der Waals surface area contributed by atoms with Gasteiger partial charge in [-0.25, -0.2) is 9.78 Å². The molecule has 112 valence electrons. The molecule has 0 fully saturated rings. The zero-order valence-corrected chi connectivity index (χ0v) is 13.0. The molecule has 2 aromatic heterocycles. The summed E-state index contributed by atoms with van der Waals surface area (Å²) in [4.78, 5) is 31.3. The van der Waals surface area contributed by atoms with Crippen LogP contribution in [0.2, 0.25) is 0 Å². The van der Waals surface area contributed by atoms with Crippen molar-refractivity contribution in [1.29, 1.82) is 0 Å². The van der Waals surface area contributed by atoms with E-state index in [-0.39, 0.29) is 11.5 Å². The van der Waals surface area contributed by atoms with Crippen molar-refractivity contribution in [2.75, 3.05) is 6.61 Å². The zero-order chi connectivity index (χ0) is 15.0. The van der Waals surface area contributed by atoms with Gasteiger partial charge in [0, 0.05) is 4.88 Å². The van der Waals surface area contributed by atoms with Crippen LogP contribution in [0, 0.1) is 0 Å². The molecule has 0 amide bonds. The molecule has 2 heterocycles. The average Bonchev–Trinajstić information content (AvgIpc) is 3.02. The minimum absolute atomic E-state index is 0.112. The van der Waals surface area contributed by atoms with Crippen LogP contribution in [-0.4, -0.2) is 22.1 Å². The first kappa shape index (κ1) is 14.3. The number of rotatable bonds is 4. The first-order chi connectivity index (χ1) is 10.2.